The summed E-state index contributed by atoms with van der Waals surface area (Å²) in [5, 5.41) is 7.27. The van der Waals surface area contributed by atoms with Crippen LogP contribution in [0.2, 0.25) is 0 Å². The summed E-state index contributed by atoms with van der Waals surface area (Å²) < 4.78 is 60.2. The molecule has 8 nitrogen and oxygen atoms in total. The first kappa shape index (κ1) is 24.9. The first-order valence-electron chi connectivity index (χ1n) is 11.5. The number of halogens is 3. The number of cyclic esters (lactones) is 1. The highest BCUT2D eigenvalue weighted by atomic mass is 19.4. The van der Waals surface area contributed by atoms with E-state index >= 15 is 0 Å². The van der Waals surface area contributed by atoms with Gasteiger partial charge in [-0.15, -0.1) is 0 Å². The molecular formula is C23H30F3NO7. The van der Waals surface area contributed by atoms with Gasteiger partial charge in [0.1, 0.15) is 6.10 Å². The molecule has 4 aliphatic rings. The van der Waals surface area contributed by atoms with Crippen LogP contribution in [0.25, 0.3) is 0 Å². The van der Waals surface area contributed by atoms with Gasteiger partial charge in [-0.3, -0.25) is 19.8 Å². The number of hydrogen-bond donors (Lipinski definition) is 1. The van der Waals surface area contributed by atoms with E-state index in [0.717, 1.165) is 0 Å². The summed E-state index contributed by atoms with van der Waals surface area (Å²) in [6, 6.07) is 0. The SMILES string of the molecule is COC(=O)[C@@H]1C[C@H](OC(=N)C(F)(F)F)C(=O)[C@H]2[C@@]1(C)CC[C@H]1C(=O)O[C@H](C3CCOC3)C[C@]21C. The van der Waals surface area contributed by atoms with E-state index in [2.05, 4.69) is 0 Å². The molecule has 4 rings (SSSR count). The molecule has 11 heteroatoms. The third-order valence-electron chi connectivity index (χ3n) is 8.62. The molecule has 0 aromatic heterocycles. The van der Waals surface area contributed by atoms with Crippen molar-refractivity contribution in [1.29, 1.82) is 5.41 Å². The van der Waals surface area contributed by atoms with Crippen molar-refractivity contribution in [2.24, 2.45) is 34.5 Å². The van der Waals surface area contributed by atoms with Crippen molar-refractivity contribution in [2.45, 2.75) is 64.3 Å². The van der Waals surface area contributed by atoms with Gasteiger partial charge in [-0.05, 0) is 36.5 Å². The molecule has 0 radical (unpaired) electrons. The normalized spacial score (nSPS) is 42.3. The maximum atomic E-state index is 13.8. The number of hydrogen-bond acceptors (Lipinski definition) is 8. The first-order valence-corrected chi connectivity index (χ1v) is 11.5. The third-order valence-corrected chi connectivity index (χ3v) is 8.62. The Morgan fingerprint density at radius 1 is 1.18 bits per heavy atom. The highest BCUT2D eigenvalue weighted by Gasteiger charge is 2.68. The number of alkyl halides is 3. The van der Waals surface area contributed by atoms with E-state index in [1.165, 1.54) is 7.11 Å². The van der Waals surface area contributed by atoms with Gasteiger partial charge < -0.3 is 18.9 Å². The minimum absolute atomic E-state index is 0.0320. The highest BCUT2D eigenvalue weighted by Crippen LogP contribution is 2.64. The van der Waals surface area contributed by atoms with Gasteiger partial charge in [0.05, 0.1) is 25.6 Å². The second-order valence-corrected chi connectivity index (χ2v) is 10.5. The highest BCUT2D eigenvalue weighted by molar-refractivity contribution is 5.94. The average molecular weight is 489 g/mol. The van der Waals surface area contributed by atoms with Crippen LogP contribution < -0.4 is 0 Å². The average Bonchev–Trinajstić information content (AvgIpc) is 3.28. The van der Waals surface area contributed by atoms with Gasteiger partial charge in [0.15, 0.2) is 11.9 Å². The number of ether oxygens (including phenoxy) is 4. The van der Waals surface area contributed by atoms with Gasteiger partial charge >= 0.3 is 18.1 Å². The van der Waals surface area contributed by atoms with Crippen LogP contribution in [0, 0.1) is 39.9 Å². The zero-order chi connectivity index (χ0) is 25.1. The summed E-state index contributed by atoms with van der Waals surface area (Å²) in [5.41, 5.74) is -1.90. The molecule has 34 heavy (non-hydrogen) atoms. The Morgan fingerprint density at radius 2 is 1.88 bits per heavy atom. The van der Waals surface area contributed by atoms with E-state index in [1.54, 1.807) is 13.8 Å². The van der Waals surface area contributed by atoms with Crippen molar-refractivity contribution in [2.75, 3.05) is 20.3 Å². The molecule has 2 saturated heterocycles. The maximum Gasteiger partial charge on any atom is 0.467 e. The molecule has 0 spiro atoms. The number of nitrogens with one attached hydrogen (secondary N) is 1. The molecule has 0 aromatic rings. The number of carbonyl (C=O) groups excluding carboxylic acids is 3. The predicted octanol–water partition coefficient (Wildman–Crippen LogP) is 3.06. The Hall–Kier alpha value is -2.17. The number of rotatable bonds is 3. The molecule has 2 heterocycles. The fourth-order valence-corrected chi connectivity index (χ4v) is 6.98. The summed E-state index contributed by atoms with van der Waals surface area (Å²) in [5.74, 6) is -6.20. The molecule has 4 fully saturated rings. The number of ketones is 1. The van der Waals surface area contributed by atoms with E-state index in [9.17, 15) is 27.6 Å². The third kappa shape index (κ3) is 3.89. The maximum absolute atomic E-state index is 13.8. The lowest BCUT2D eigenvalue weighted by Gasteiger charge is -2.61. The van der Waals surface area contributed by atoms with Crippen LogP contribution in [0.4, 0.5) is 13.2 Å². The lowest BCUT2D eigenvalue weighted by molar-refractivity contribution is -0.210. The largest absolute Gasteiger partial charge is 0.469 e. The lowest BCUT2D eigenvalue weighted by Crippen LogP contribution is -2.66. The molecule has 2 aliphatic carbocycles. The van der Waals surface area contributed by atoms with Crippen LogP contribution in [0.3, 0.4) is 0 Å². The van der Waals surface area contributed by atoms with Crippen LogP contribution >= 0.6 is 0 Å². The Balaban J connectivity index is 1.74. The first-order chi connectivity index (χ1) is 15.8. The summed E-state index contributed by atoms with van der Waals surface area (Å²) in [6.07, 6.45) is -5.75. The van der Waals surface area contributed by atoms with Crippen LogP contribution in [-0.4, -0.2) is 62.3 Å². The quantitative estimate of drug-likeness (QED) is 0.368. The summed E-state index contributed by atoms with van der Waals surface area (Å²) in [7, 11) is 1.19. The molecule has 0 amide bonds. The number of fused-ring (bicyclic) bond motifs is 3. The topological polar surface area (TPSA) is 112 Å². The van der Waals surface area contributed by atoms with Crippen LogP contribution in [0.15, 0.2) is 0 Å². The Labute approximate surface area is 195 Å². The van der Waals surface area contributed by atoms with E-state index in [4.69, 9.17) is 24.4 Å². The van der Waals surface area contributed by atoms with E-state index in [0.29, 0.717) is 38.9 Å². The lowest BCUT2D eigenvalue weighted by atomic mass is 9.43. The number of esters is 2. The summed E-state index contributed by atoms with van der Waals surface area (Å²) >= 11 is 0. The summed E-state index contributed by atoms with van der Waals surface area (Å²) in [6.45, 7) is 4.54. The van der Waals surface area contributed by atoms with Gasteiger partial charge in [0.25, 0.3) is 5.90 Å². The molecule has 2 aliphatic heterocycles. The Morgan fingerprint density at radius 3 is 2.47 bits per heavy atom. The monoisotopic (exact) mass is 489 g/mol. The Kier molecular flexibility index (Phi) is 6.23. The molecular weight excluding hydrogens is 459 g/mol. The molecule has 0 aromatic carbocycles. The molecule has 2 saturated carbocycles. The molecule has 1 unspecified atom stereocenters. The van der Waals surface area contributed by atoms with Crippen LogP contribution in [0.5, 0.6) is 0 Å². The fourth-order valence-electron chi connectivity index (χ4n) is 6.98. The zero-order valence-electron chi connectivity index (χ0n) is 19.4. The number of Topliss-reactive ketones (excluding diaryl/α,β-unsaturated/α-hetero) is 1. The van der Waals surface area contributed by atoms with E-state index in [-0.39, 0.29) is 12.3 Å². The van der Waals surface area contributed by atoms with Gasteiger partial charge in [-0.25, -0.2) is 0 Å². The zero-order valence-corrected chi connectivity index (χ0v) is 19.4. The molecule has 8 atom stereocenters. The minimum atomic E-state index is -5.07. The van der Waals surface area contributed by atoms with Crippen molar-refractivity contribution in [3.8, 4) is 0 Å². The van der Waals surface area contributed by atoms with Crippen molar-refractivity contribution in [3.05, 3.63) is 0 Å². The van der Waals surface area contributed by atoms with Crippen molar-refractivity contribution >= 4 is 23.6 Å². The van der Waals surface area contributed by atoms with E-state index < -0.39 is 70.6 Å². The van der Waals surface area contributed by atoms with Crippen LogP contribution in [0.1, 0.15) is 46.0 Å². The number of methoxy groups -OCH3 is 1. The van der Waals surface area contributed by atoms with Crippen molar-refractivity contribution in [1.82, 2.24) is 0 Å². The minimum Gasteiger partial charge on any atom is -0.469 e. The van der Waals surface area contributed by atoms with Gasteiger partial charge in [-0.2, -0.15) is 13.2 Å². The summed E-state index contributed by atoms with van der Waals surface area (Å²) in [4.78, 5) is 39.6. The number of carbonyl (C=O) groups is 3. The second kappa shape index (κ2) is 8.49. The fraction of sp³-hybridized carbons (Fsp3) is 0.826. The van der Waals surface area contributed by atoms with Gasteiger partial charge in [-0.1, -0.05) is 13.8 Å². The molecule has 190 valence electrons. The van der Waals surface area contributed by atoms with E-state index in [1.807, 2.05) is 0 Å². The Bertz CT molecular complexity index is 886. The predicted molar refractivity (Wildman–Crippen MR) is 110 cm³/mol. The van der Waals surface area contributed by atoms with Gasteiger partial charge in [0, 0.05) is 24.9 Å². The van der Waals surface area contributed by atoms with Gasteiger partial charge in [0.2, 0.25) is 0 Å². The smallest absolute Gasteiger partial charge is 0.467 e. The van der Waals surface area contributed by atoms with Crippen LogP contribution in [-0.2, 0) is 33.3 Å². The van der Waals surface area contributed by atoms with Crippen molar-refractivity contribution < 1.29 is 46.5 Å². The standard InChI is InChI=1S/C23H30F3NO7/c1-21-6-4-12-19(30)33-15(11-5-7-32-10-11)9-22(12,2)17(21)16(28)14(8-13(21)18(29)31-3)34-20(27)23(24,25)26/h11-15,17,27H,4-10H2,1-3H3/t11?,12-,13-,14-,15-,17-,21-,22-/m0/s1. The van der Waals surface area contributed by atoms with Crippen molar-refractivity contribution in [3.63, 3.8) is 0 Å². The second-order valence-electron chi connectivity index (χ2n) is 10.5. The molecule has 0 bridgehead atoms. The molecule has 1 N–H and O–H groups in total.